The van der Waals surface area contributed by atoms with E-state index in [1.165, 1.54) is 12.1 Å². The maximum absolute atomic E-state index is 13.4. The smallest absolute Gasteiger partial charge is 0.306 e. The molecule has 20 heavy (non-hydrogen) atoms. The van der Waals surface area contributed by atoms with Crippen molar-refractivity contribution in [2.24, 2.45) is 5.92 Å². The molecule has 0 aliphatic carbocycles. The van der Waals surface area contributed by atoms with Gasteiger partial charge in [-0.3, -0.25) is 9.59 Å². The summed E-state index contributed by atoms with van der Waals surface area (Å²) in [4.78, 5) is 24.9. The highest BCUT2D eigenvalue weighted by Gasteiger charge is 2.32. The summed E-state index contributed by atoms with van der Waals surface area (Å²) >= 11 is 0. The molecule has 3 N–H and O–H groups in total. The first-order valence-electron chi connectivity index (χ1n) is 6.49. The topological polar surface area (TPSA) is 83.6 Å². The predicted molar refractivity (Wildman–Crippen MR) is 71.7 cm³/mol. The zero-order valence-electron chi connectivity index (χ0n) is 11.2. The molecule has 0 radical (unpaired) electrons. The van der Waals surface area contributed by atoms with Gasteiger partial charge in [0.1, 0.15) is 5.82 Å². The van der Waals surface area contributed by atoms with E-state index < -0.39 is 17.7 Å². The van der Waals surface area contributed by atoms with E-state index in [0.717, 1.165) is 6.07 Å². The lowest BCUT2D eigenvalue weighted by Gasteiger charge is -2.36. The largest absolute Gasteiger partial charge is 0.481 e. The summed E-state index contributed by atoms with van der Waals surface area (Å²) in [6.45, 7) is 2.17. The first-order chi connectivity index (χ1) is 9.40. The quantitative estimate of drug-likeness (QED) is 0.808. The fraction of sp³-hybridized carbons (Fsp3) is 0.429. The Hall–Kier alpha value is -2.11. The van der Waals surface area contributed by atoms with Crippen LogP contribution in [0.1, 0.15) is 30.1 Å². The number of carboxylic acid groups (broad SMARTS) is 1. The number of halogens is 1. The molecule has 108 valence electrons. The number of carbonyl (C=O) groups excluding carboxylic acids is 1. The number of nitrogens with two attached hydrogens (primary N) is 1. The highest BCUT2D eigenvalue weighted by atomic mass is 19.1. The van der Waals surface area contributed by atoms with Crippen LogP contribution in [0.25, 0.3) is 0 Å². The van der Waals surface area contributed by atoms with Crippen LogP contribution in [-0.4, -0.2) is 34.5 Å². The van der Waals surface area contributed by atoms with E-state index in [1.807, 2.05) is 0 Å². The van der Waals surface area contributed by atoms with Crippen molar-refractivity contribution in [2.75, 3.05) is 12.3 Å². The van der Waals surface area contributed by atoms with Crippen molar-refractivity contribution in [3.8, 4) is 0 Å². The van der Waals surface area contributed by atoms with Crippen molar-refractivity contribution in [3.05, 3.63) is 29.6 Å². The lowest BCUT2D eigenvalue weighted by molar-refractivity contribution is -0.143. The standard InChI is InChI=1S/C14H17FN2O3/c1-8-6-10(14(19)20)4-5-17(8)13(18)9-2-3-12(16)11(15)7-9/h2-3,7-8,10H,4-6,16H2,1H3,(H,19,20). The van der Waals surface area contributed by atoms with Gasteiger partial charge >= 0.3 is 5.97 Å². The Morgan fingerprint density at radius 2 is 2.15 bits per heavy atom. The summed E-state index contributed by atoms with van der Waals surface area (Å²) in [5.41, 5.74) is 5.61. The highest BCUT2D eigenvalue weighted by Crippen LogP contribution is 2.25. The maximum Gasteiger partial charge on any atom is 0.306 e. The molecule has 0 saturated carbocycles. The number of hydrogen-bond donors (Lipinski definition) is 2. The molecule has 0 aromatic heterocycles. The number of likely N-dealkylation sites (tertiary alicyclic amines) is 1. The number of nitrogens with zero attached hydrogens (tertiary/aromatic N) is 1. The molecule has 0 spiro atoms. The monoisotopic (exact) mass is 280 g/mol. The van der Waals surface area contributed by atoms with Crippen LogP contribution in [0.5, 0.6) is 0 Å². The molecule has 2 unspecified atom stereocenters. The van der Waals surface area contributed by atoms with Gasteiger partial charge in [0.05, 0.1) is 11.6 Å². The molecule has 1 amide bonds. The molecule has 1 aromatic rings. The van der Waals surface area contributed by atoms with Gasteiger partial charge in [0.2, 0.25) is 0 Å². The Morgan fingerprint density at radius 3 is 2.70 bits per heavy atom. The number of rotatable bonds is 2. The molecular weight excluding hydrogens is 263 g/mol. The molecule has 1 saturated heterocycles. The molecule has 2 rings (SSSR count). The lowest BCUT2D eigenvalue weighted by atomic mass is 9.91. The zero-order chi connectivity index (χ0) is 14.9. The predicted octanol–water partition coefficient (Wildman–Crippen LogP) is 1.73. The van der Waals surface area contributed by atoms with Crippen molar-refractivity contribution in [3.63, 3.8) is 0 Å². The average molecular weight is 280 g/mol. The van der Waals surface area contributed by atoms with Gasteiger partial charge < -0.3 is 15.7 Å². The van der Waals surface area contributed by atoms with Crippen LogP contribution in [0.3, 0.4) is 0 Å². The summed E-state index contributed by atoms with van der Waals surface area (Å²) in [5, 5.41) is 9.00. The number of amides is 1. The van der Waals surface area contributed by atoms with Gasteiger partial charge in [0.25, 0.3) is 5.91 Å². The van der Waals surface area contributed by atoms with E-state index in [0.29, 0.717) is 19.4 Å². The van der Waals surface area contributed by atoms with E-state index in [4.69, 9.17) is 10.8 Å². The van der Waals surface area contributed by atoms with Crippen molar-refractivity contribution in [1.82, 2.24) is 4.90 Å². The lowest BCUT2D eigenvalue weighted by Crippen LogP contribution is -2.46. The van der Waals surface area contributed by atoms with Crippen LogP contribution >= 0.6 is 0 Å². The molecular formula is C14H17FN2O3. The summed E-state index contributed by atoms with van der Waals surface area (Å²) < 4.78 is 13.4. The van der Waals surface area contributed by atoms with E-state index >= 15 is 0 Å². The van der Waals surface area contributed by atoms with Gasteiger partial charge in [0.15, 0.2) is 0 Å². The Bertz CT molecular complexity index is 547. The van der Waals surface area contributed by atoms with Crippen molar-refractivity contribution < 1.29 is 19.1 Å². The van der Waals surface area contributed by atoms with E-state index in [9.17, 15) is 14.0 Å². The third-order valence-electron chi connectivity index (χ3n) is 3.73. The fourth-order valence-corrected chi connectivity index (χ4v) is 2.52. The Kier molecular flexibility index (Phi) is 3.92. The number of carboxylic acids is 1. The number of hydrogen-bond acceptors (Lipinski definition) is 3. The summed E-state index contributed by atoms with van der Waals surface area (Å²) in [5.74, 6) is -2.16. The minimum Gasteiger partial charge on any atom is -0.481 e. The summed E-state index contributed by atoms with van der Waals surface area (Å²) in [7, 11) is 0. The van der Waals surface area contributed by atoms with Gasteiger partial charge in [-0.1, -0.05) is 0 Å². The zero-order valence-corrected chi connectivity index (χ0v) is 11.2. The normalized spacial score (nSPS) is 22.6. The Labute approximate surface area is 116 Å². The molecule has 6 heteroatoms. The summed E-state index contributed by atoms with van der Waals surface area (Å²) in [6, 6.07) is 3.78. The third-order valence-corrected chi connectivity index (χ3v) is 3.73. The number of piperidine rings is 1. The van der Waals surface area contributed by atoms with Crippen molar-refractivity contribution in [2.45, 2.75) is 25.8 Å². The summed E-state index contributed by atoms with van der Waals surface area (Å²) in [6.07, 6.45) is 0.835. The second-order valence-corrected chi connectivity index (χ2v) is 5.14. The van der Waals surface area contributed by atoms with Gasteiger partial charge in [0, 0.05) is 18.2 Å². The van der Waals surface area contributed by atoms with Crippen molar-refractivity contribution >= 4 is 17.6 Å². The number of aliphatic carboxylic acids is 1. The van der Waals surface area contributed by atoms with Crippen molar-refractivity contribution in [1.29, 1.82) is 0 Å². The second kappa shape index (κ2) is 5.48. The molecule has 1 aliphatic rings. The minimum atomic E-state index is -0.831. The highest BCUT2D eigenvalue weighted by molar-refractivity contribution is 5.95. The molecule has 1 fully saturated rings. The van der Waals surface area contributed by atoms with Crippen LogP contribution in [0.15, 0.2) is 18.2 Å². The SMILES string of the molecule is CC1CC(C(=O)O)CCN1C(=O)c1ccc(N)c(F)c1. The van der Waals surface area contributed by atoms with Gasteiger partial charge in [-0.05, 0) is 38.0 Å². The molecule has 5 nitrogen and oxygen atoms in total. The first-order valence-corrected chi connectivity index (χ1v) is 6.49. The third kappa shape index (κ3) is 2.74. The molecule has 1 aromatic carbocycles. The van der Waals surface area contributed by atoms with Crippen LogP contribution in [0.4, 0.5) is 10.1 Å². The second-order valence-electron chi connectivity index (χ2n) is 5.14. The first kappa shape index (κ1) is 14.3. The van der Waals surface area contributed by atoms with Crippen LogP contribution < -0.4 is 5.73 Å². The van der Waals surface area contributed by atoms with E-state index in [-0.39, 0.29) is 23.2 Å². The number of benzene rings is 1. The Morgan fingerprint density at radius 1 is 1.45 bits per heavy atom. The minimum absolute atomic E-state index is 0.000756. The van der Waals surface area contributed by atoms with Gasteiger partial charge in [-0.2, -0.15) is 0 Å². The molecule has 1 aliphatic heterocycles. The number of anilines is 1. The molecule has 0 bridgehead atoms. The molecule has 1 heterocycles. The number of nitrogen functional groups attached to an aromatic ring is 1. The van der Waals surface area contributed by atoms with Gasteiger partial charge in [-0.25, -0.2) is 4.39 Å². The van der Waals surface area contributed by atoms with Crippen LogP contribution in [0.2, 0.25) is 0 Å². The fourth-order valence-electron chi connectivity index (χ4n) is 2.52. The average Bonchev–Trinajstić information content (AvgIpc) is 2.41. The van der Waals surface area contributed by atoms with Crippen LogP contribution in [0, 0.1) is 11.7 Å². The number of carbonyl (C=O) groups is 2. The van der Waals surface area contributed by atoms with E-state index in [1.54, 1.807) is 11.8 Å². The molecule has 2 atom stereocenters. The van der Waals surface area contributed by atoms with Crippen LogP contribution in [-0.2, 0) is 4.79 Å². The van der Waals surface area contributed by atoms with E-state index in [2.05, 4.69) is 0 Å². The Balaban J connectivity index is 2.13. The van der Waals surface area contributed by atoms with Gasteiger partial charge in [-0.15, -0.1) is 0 Å². The maximum atomic E-state index is 13.4.